The maximum absolute atomic E-state index is 12.5. The molecule has 0 aliphatic carbocycles. The maximum Gasteiger partial charge on any atom is 0.416 e. The van der Waals surface area contributed by atoms with E-state index in [9.17, 15) is 18.0 Å². The Balaban J connectivity index is 1.75. The van der Waals surface area contributed by atoms with Crippen molar-refractivity contribution in [2.75, 3.05) is 5.32 Å². The number of hydrogen-bond acceptors (Lipinski definition) is 3. The van der Waals surface area contributed by atoms with Crippen molar-refractivity contribution in [3.8, 4) is 0 Å². The summed E-state index contributed by atoms with van der Waals surface area (Å²) in [6, 6.07) is 8.10. The normalized spacial score (nSPS) is 11.7. The van der Waals surface area contributed by atoms with Crippen LogP contribution >= 0.6 is 0 Å². The molecule has 1 N–H and O–H groups in total. The monoisotopic (exact) mass is 348 g/mol. The number of carbonyl (C=O) groups excluding carboxylic acids is 1. The fraction of sp³-hybridized carbons (Fsp3) is 0.222. The zero-order valence-electron chi connectivity index (χ0n) is 13.6. The zero-order valence-corrected chi connectivity index (χ0v) is 13.6. The van der Waals surface area contributed by atoms with Crippen LogP contribution < -0.4 is 5.32 Å². The van der Waals surface area contributed by atoms with E-state index in [2.05, 4.69) is 10.5 Å². The number of carbonyl (C=O) groups is 1. The van der Waals surface area contributed by atoms with Crippen LogP contribution in [0.15, 0.2) is 40.9 Å². The Kier molecular flexibility index (Phi) is 4.24. The number of fused-ring (bicyclic) bond motifs is 1. The van der Waals surface area contributed by atoms with Crippen molar-refractivity contribution in [3.63, 3.8) is 0 Å². The Hall–Kier alpha value is -2.83. The van der Waals surface area contributed by atoms with Crippen LogP contribution in [0.4, 0.5) is 18.9 Å². The lowest BCUT2D eigenvalue weighted by Crippen LogP contribution is -2.15. The molecule has 1 aromatic heterocycles. The first kappa shape index (κ1) is 17.0. The molecule has 0 atom stereocenters. The van der Waals surface area contributed by atoms with Crippen molar-refractivity contribution < 1.29 is 22.5 Å². The van der Waals surface area contributed by atoms with E-state index in [-0.39, 0.29) is 12.3 Å². The van der Waals surface area contributed by atoms with Crippen molar-refractivity contribution in [1.82, 2.24) is 5.16 Å². The van der Waals surface area contributed by atoms with Crippen LogP contribution in [0.2, 0.25) is 0 Å². The number of aromatic nitrogens is 1. The summed E-state index contributed by atoms with van der Waals surface area (Å²) in [5.41, 5.74) is 2.61. The summed E-state index contributed by atoms with van der Waals surface area (Å²) in [5, 5.41) is 7.29. The number of nitrogens with zero attached hydrogens (tertiary/aromatic N) is 1. The molecule has 0 aliphatic rings. The van der Waals surface area contributed by atoms with E-state index < -0.39 is 11.7 Å². The van der Waals surface area contributed by atoms with Crippen LogP contribution in [0.5, 0.6) is 0 Å². The average Bonchev–Trinajstić information content (AvgIpc) is 2.89. The van der Waals surface area contributed by atoms with Crippen LogP contribution in [-0.4, -0.2) is 11.1 Å². The van der Waals surface area contributed by atoms with E-state index in [1.807, 2.05) is 26.0 Å². The summed E-state index contributed by atoms with van der Waals surface area (Å²) in [6.07, 6.45) is -4.43. The third kappa shape index (κ3) is 3.65. The van der Waals surface area contributed by atoms with E-state index in [1.54, 1.807) is 0 Å². The van der Waals surface area contributed by atoms with Crippen molar-refractivity contribution in [2.24, 2.45) is 0 Å². The molecule has 0 aliphatic heterocycles. The average molecular weight is 348 g/mol. The van der Waals surface area contributed by atoms with Crippen LogP contribution in [-0.2, 0) is 17.4 Å². The zero-order chi connectivity index (χ0) is 18.2. The molecule has 25 heavy (non-hydrogen) atoms. The number of aryl methyl sites for hydroxylation is 2. The number of alkyl halides is 3. The van der Waals surface area contributed by atoms with Gasteiger partial charge < -0.3 is 9.84 Å². The van der Waals surface area contributed by atoms with Gasteiger partial charge in [-0.15, -0.1) is 0 Å². The molecule has 1 amide bonds. The van der Waals surface area contributed by atoms with Crippen molar-refractivity contribution in [3.05, 3.63) is 58.8 Å². The van der Waals surface area contributed by atoms with Gasteiger partial charge in [-0.2, -0.15) is 13.2 Å². The molecule has 0 unspecified atom stereocenters. The maximum atomic E-state index is 12.5. The van der Waals surface area contributed by atoms with Gasteiger partial charge in [-0.25, -0.2) is 0 Å². The minimum Gasteiger partial charge on any atom is -0.356 e. The molecule has 0 spiro atoms. The molecule has 0 saturated heterocycles. The van der Waals surface area contributed by atoms with Crippen LogP contribution in [0.25, 0.3) is 11.0 Å². The minimum atomic E-state index is -4.40. The fourth-order valence-corrected chi connectivity index (χ4v) is 2.74. The van der Waals surface area contributed by atoms with Crippen LogP contribution in [0.3, 0.4) is 0 Å². The summed E-state index contributed by atoms with van der Waals surface area (Å²) in [7, 11) is 0. The molecule has 1 heterocycles. The summed E-state index contributed by atoms with van der Waals surface area (Å²) in [4.78, 5) is 12.2. The van der Waals surface area contributed by atoms with Crippen molar-refractivity contribution >= 4 is 22.6 Å². The summed E-state index contributed by atoms with van der Waals surface area (Å²) in [6.45, 7) is 3.84. The summed E-state index contributed by atoms with van der Waals surface area (Å²) < 4.78 is 42.9. The van der Waals surface area contributed by atoms with E-state index in [4.69, 9.17) is 4.52 Å². The van der Waals surface area contributed by atoms with Gasteiger partial charge in [-0.3, -0.25) is 4.79 Å². The second kappa shape index (κ2) is 6.23. The Labute approximate surface area is 141 Å². The lowest BCUT2D eigenvalue weighted by Gasteiger charge is -2.08. The van der Waals surface area contributed by atoms with Gasteiger partial charge in [0.25, 0.3) is 0 Å². The Morgan fingerprint density at radius 1 is 1.16 bits per heavy atom. The standard InChI is InChI=1S/C18H15F3N2O2/c1-10-7-11(2)17-14(23-25-15(17)8-10)9-16(24)22-13-5-3-12(4-6-13)18(19,20)21/h3-8H,9H2,1-2H3,(H,22,24). The van der Waals surface area contributed by atoms with Gasteiger partial charge >= 0.3 is 6.18 Å². The van der Waals surface area contributed by atoms with Gasteiger partial charge in [0.15, 0.2) is 5.58 Å². The number of anilines is 1. The number of benzene rings is 2. The van der Waals surface area contributed by atoms with Gasteiger partial charge in [-0.1, -0.05) is 11.2 Å². The van der Waals surface area contributed by atoms with Crippen molar-refractivity contribution in [1.29, 1.82) is 0 Å². The van der Waals surface area contributed by atoms with E-state index in [1.165, 1.54) is 12.1 Å². The number of nitrogens with one attached hydrogen (secondary N) is 1. The molecule has 3 rings (SSSR count). The van der Waals surface area contributed by atoms with Crippen molar-refractivity contribution in [2.45, 2.75) is 26.4 Å². The third-order valence-electron chi connectivity index (χ3n) is 3.81. The quantitative estimate of drug-likeness (QED) is 0.750. The number of halogens is 3. The van der Waals surface area contributed by atoms with Crippen LogP contribution in [0.1, 0.15) is 22.4 Å². The molecule has 0 radical (unpaired) electrons. The summed E-state index contributed by atoms with van der Waals surface area (Å²) in [5.74, 6) is -0.380. The summed E-state index contributed by atoms with van der Waals surface area (Å²) >= 11 is 0. The third-order valence-corrected chi connectivity index (χ3v) is 3.81. The Morgan fingerprint density at radius 3 is 2.48 bits per heavy atom. The Morgan fingerprint density at radius 2 is 1.84 bits per heavy atom. The highest BCUT2D eigenvalue weighted by atomic mass is 19.4. The predicted octanol–water partition coefficient (Wildman–Crippen LogP) is 4.64. The SMILES string of the molecule is Cc1cc(C)c2c(CC(=O)Nc3ccc(C(F)(F)F)cc3)noc2c1. The highest BCUT2D eigenvalue weighted by molar-refractivity contribution is 5.95. The lowest BCUT2D eigenvalue weighted by atomic mass is 10.0. The number of amides is 1. The van der Waals surface area contributed by atoms with Gasteiger partial charge in [0.1, 0.15) is 5.69 Å². The smallest absolute Gasteiger partial charge is 0.356 e. The molecular formula is C18H15F3N2O2. The molecule has 4 nitrogen and oxygen atoms in total. The first-order valence-corrected chi connectivity index (χ1v) is 7.56. The second-order valence-electron chi connectivity index (χ2n) is 5.88. The molecule has 2 aromatic carbocycles. The van der Waals surface area contributed by atoms with Gasteiger partial charge in [0, 0.05) is 11.1 Å². The number of rotatable bonds is 3. The molecular weight excluding hydrogens is 333 g/mol. The first-order chi connectivity index (χ1) is 11.7. The molecule has 3 aromatic rings. The Bertz CT molecular complexity index is 928. The van der Waals surface area contributed by atoms with Gasteiger partial charge in [0.2, 0.25) is 5.91 Å². The van der Waals surface area contributed by atoms with Gasteiger partial charge in [-0.05, 0) is 55.3 Å². The van der Waals surface area contributed by atoms with E-state index in [0.29, 0.717) is 17.0 Å². The largest absolute Gasteiger partial charge is 0.416 e. The molecule has 0 fully saturated rings. The number of hydrogen-bond donors (Lipinski definition) is 1. The lowest BCUT2D eigenvalue weighted by molar-refractivity contribution is -0.137. The molecule has 0 saturated carbocycles. The first-order valence-electron chi connectivity index (χ1n) is 7.56. The highest BCUT2D eigenvalue weighted by Gasteiger charge is 2.30. The molecule has 7 heteroatoms. The fourth-order valence-electron chi connectivity index (χ4n) is 2.74. The van der Waals surface area contributed by atoms with Gasteiger partial charge in [0.05, 0.1) is 12.0 Å². The second-order valence-corrected chi connectivity index (χ2v) is 5.88. The highest BCUT2D eigenvalue weighted by Crippen LogP contribution is 2.30. The predicted molar refractivity (Wildman–Crippen MR) is 87.3 cm³/mol. The molecule has 130 valence electrons. The van der Waals surface area contributed by atoms with Crippen LogP contribution in [0, 0.1) is 13.8 Å². The molecule has 0 bridgehead atoms. The van der Waals surface area contributed by atoms with E-state index >= 15 is 0 Å². The minimum absolute atomic E-state index is 0.0298. The van der Waals surface area contributed by atoms with E-state index in [0.717, 1.165) is 28.6 Å². The topological polar surface area (TPSA) is 55.1 Å².